The van der Waals surface area contributed by atoms with E-state index in [2.05, 4.69) is 11.7 Å². The second-order valence-corrected chi connectivity index (χ2v) is 5.06. The Morgan fingerprint density at radius 1 is 1.47 bits per heavy atom. The Hall–Kier alpha value is -1.59. The Kier molecular flexibility index (Phi) is 4.07. The minimum atomic E-state index is -1.33. The number of carbonyl (C=O) groups is 1. The van der Waals surface area contributed by atoms with Crippen LogP contribution in [0.5, 0.6) is 5.75 Å². The highest BCUT2D eigenvalue weighted by atomic mass is 16.5. The number of hydrogen-bond acceptors (Lipinski definition) is 5. The molecule has 0 spiro atoms. The first kappa shape index (κ1) is 13.8. The Bertz CT molecular complexity index is 453. The molecule has 0 bridgehead atoms. The monoisotopic (exact) mass is 266 g/mol. The summed E-state index contributed by atoms with van der Waals surface area (Å²) in [6.45, 7) is 3.87. The molecule has 1 aromatic rings. The zero-order chi connectivity index (χ0) is 13.9. The SMILES string of the molecule is COC(=O)C(O)c1ccccc1OCC1(C)COC1. The Balaban J connectivity index is 2.09. The summed E-state index contributed by atoms with van der Waals surface area (Å²) < 4.78 is 15.4. The van der Waals surface area contributed by atoms with Crippen LogP contribution in [0.15, 0.2) is 24.3 Å². The molecule has 0 aliphatic carbocycles. The van der Waals surface area contributed by atoms with Crippen molar-refractivity contribution in [3.8, 4) is 5.75 Å². The first-order chi connectivity index (χ1) is 9.06. The third kappa shape index (κ3) is 3.05. The van der Waals surface area contributed by atoms with Crippen LogP contribution in [-0.2, 0) is 14.3 Å². The Labute approximate surface area is 112 Å². The molecule has 1 unspecified atom stereocenters. The van der Waals surface area contributed by atoms with E-state index in [1.807, 2.05) is 0 Å². The molecule has 5 nitrogen and oxygen atoms in total. The van der Waals surface area contributed by atoms with Gasteiger partial charge in [-0.05, 0) is 6.07 Å². The number of methoxy groups -OCH3 is 1. The van der Waals surface area contributed by atoms with Crippen molar-refractivity contribution in [2.24, 2.45) is 5.41 Å². The number of benzene rings is 1. The van der Waals surface area contributed by atoms with Crippen molar-refractivity contribution in [2.45, 2.75) is 13.0 Å². The fraction of sp³-hybridized carbons (Fsp3) is 0.500. The molecule has 2 rings (SSSR count). The first-order valence-electron chi connectivity index (χ1n) is 6.11. The zero-order valence-corrected chi connectivity index (χ0v) is 11.1. The predicted octanol–water partition coefficient (Wildman–Crippen LogP) is 1.31. The van der Waals surface area contributed by atoms with Crippen LogP contribution in [0.4, 0.5) is 0 Å². The van der Waals surface area contributed by atoms with Gasteiger partial charge in [0, 0.05) is 11.0 Å². The van der Waals surface area contributed by atoms with Gasteiger partial charge in [-0.1, -0.05) is 25.1 Å². The van der Waals surface area contributed by atoms with Crippen LogP contribution in [-0.4, -0.2) is 38.0 Å². The summed E-state index contributed by atoms with van der Waals surface area (Å²) in [7, 11) is 1.24. The molecule has 1 atom stereocenters. The van der Waals surface area contributed by atoms with Gasteiger partial charge < -0.3 is 19.3 Å². The highest BCUT2D eigenvalue weighted by molar-refractivity contribution is 5.77. The second kappa shape index (κ2) is 5.59. The number of rotatable bonds is 5. The van der Waals surface area contributed by atoms with Crippen molar-refractivity contribution in [1.29, 1.82) is 0 Å². The van der Waals surface area contributed by atoms with Gasteiger partial charge in [0.1, 0.15) is 5.75 Å². The fourth-order valence-electron chi connectivity index (χ4n) is 1.86. The maximum absolute atomic E-state index is 11.4. The van der Waals surface area contributed by atoms with Gasteiger partial charge >= 0.3 is 5.97 Å². The number of ether oxygens (including phenoxy) is 3. The van der Waals surface area contributed by atoms with Crippen LogP contribution in [0.3, 0.4) is 0 Å². The number of aliphatic hydroxyl groups is 1. The number of hydrogen-bond donors (Lipinski definition) is 1. The minimum Gasteiger partial charge on any atom is -0.492 e. The molecule has 1 N–H and O–H groups in total. The van der Waals surface area contributed by atoms with Crippen molar-refractivity contribution in [1.82, 2.24) is 0 Å². The molecule has 0 amide bonds. The third-order valence-corrected chi connectivity index (χ3v) is 3.12. The van der Waals surface area contributed by atoms with Gasteiger partial charge in [0.2, 0.25) is 0 Å². The van der Waals surface area contributed by atoms with E-state index in [4.69, 9.17) is 9.47 Å². The van der Waals surface area contributed by atoms with Crippen LogP contribution in [0.2, 0.25) is 0 Å². The molecule has 0 aromatic heterocycles. The molecule has 19 heavy (non-hydrogen) atoms. The molecule has 1 aliphatic rings. The van der Waals surface area contributed by atoms with Gasteiger partial charge in [-0.15, -0.1) is 0 Å². The maximum Gasteiger partial charge on any atom is 0.339 e. The van der Waals surface area contributed by atoms with E-state index < -0.39 is 12.1 Å². The summed E-state index contributed by atoms with van der Waals surface area (Å²) in [5, 5.41) is 9.89. The molecule has 0 radical (unpaired) electrons. The average Bonchev–Trinajstić information content (AvgIpc) is 2.41. The van der Waals surface area contributed by atoms with E-state index in [-0.39, 0.29) is 5.41 Å². The number of para-hydroxylation sites is 1. The largest absolute Gasteiger partial charge is 0.492 e. The molecule has 1 fully saturated rings. The van der Waals surface area contributed by atoms with Crippen LogP contribution >= 0.6 is 0 Å². The van der Waals surface area contributed by atoms with Crippen molar-refractivity contribution in [3.63, 3.8) is 0 Å². The Morgan fingerprint density at radius 2 is 2.16 bits per heavy atom. The van der Waals surface area contributed by atoms with E-state index >= 15 is 0 Å². The van der Waals surface area contributed by atoms with Gasteiger partial charge in [-0.3, -0.25) is 0 Å². The minimum absolute atomic E-state index is 0.00330. The predicted molar refractivity (Wildman–Crippen MR) is 67.8 cm³/mol. The van der Waals surface area contributed by atoms with E-state index in [0.29, 0.717) is 31.1 Å². The molecule has 1 aliphatic heterocycles. The van der Waals surface area contributed by atoms with E-state index in [1.165, 1.54) is 7.11 Å². The lowest BCUT2D eigenvalue weighted by Crippen LogP contribution is -2.44. The number of esters is 1. The molecule has 104 valence electrons. The van der Waals surface area contributed by atoms with Crippen molar-refractivity contribution in [2.75, 3.05) is 26.9 Å². The third-order valence-electron chi connectivity index (χ3n) is 3.12. The summed E-state index contributed by atoms with van der Waals surface area (Å²) in [4.78, 5) is 11.4. The smallest absolute Gasteiger partial charge is 0.339 e. The molecule has 0 saturated carbocycles. The molecular weight excluding hydrogens is 248 g/mol. The van der Waals surface area contributed by atoms with Crippen molar-refractivity contribution < 1.29 is 24.1 Å². The van der Waals surface area contributed by atoms with Crippen molar-refractivity contribution in [3.05, 3.63) is 29.8 Å². The average molecular weight is 266 g/mol. The highest BCUT2D eigenvalue weighted by Crippen LogP contribution is 2.30. The zero-order valence-electron chi connectivity index (χ0n) is 11.1. The van der Waals surface area contributed by atoms with Gasteiger partial charge in [0.25, 0.3) is 0 Å². The summed E-state index contributed by atoms with van der Waals surface area (Å²) in [6.07, 6.45) is -1.33. The van der Waals surface area contributed by atoms with Gasteiger partial charge in [-0.25, -0.2) is 4.79 Å². The normalized spacial score (nSPS) is 18.3. The van der Waals surface area contributed by atoms with Crippen LogP contribution in [0.1, 0.15) is 18.6 Å². The van der Waals surface area contributed by atoms with Gasteiger partial charge in [0.15, 0.2) is 6.10 Å². The summed E-state index contributed by atoms with van der Waals surface area (Å²) >= 11 is 0. The van der Waals surface area contributed by atoms with Crippen molar-refractivity contribution >= 4 is 5.97 Å². The highest BCUT2D eigenvalue weighted by Gasteiger charge is 2.34. The van der Waals surface area contributed by atoms with Gasteiger partial charge in [-0.2, -0.15) is 0 Å². The molecular formula is C14H18O5. The quantitative estimate of drug-likeness (QED) is 0.814. The molecule has 1 saturated heterocycles. The lowest BCUT2D eigenvalue weighted by Gasteiger charge is -2.37. The van der Waals surface area contributed by atoms with Crippen LogP contribution < -0.4 is 4.74 Å². The Morgan fingerprint density at radius 3 is 2.74 bits per heavy atom. The standard InChI is InChI=1S/C14H18O5/c1-14(7-18-8-14)9-19-11-6-4-3-5-10(11)12(15)13(16)17-2/h3-6,12,15H,7-9H2,1-2H3. The first-order valence-corrected chi connectivity index (χ1v) is 6.11. The summed E-state index contributed by atoms with van der Waals surface area (Å²) in [6, 6.07) is 6.91. The number of carbonyl (C=O) groups excluding carboxylic acids is 1. The topological polar surface area (TPSA) is 65.0 Å². The lowest BCUT2D eigenvalue weighted by molar-refractivity contribution is -0.150. The van der Waals surface area contributed by atoms with Crippen LogP contribution in [0, 0.1) is 5.41 Å². The molecule has 1 heterocycles. The van der Waals surface area contributed by atoms with Gasteiger partial charge in [0.05, 0.1) is 26.9 Å². The lowest BCUT2D eigenvalue weighted by atomic mass is 9.90. The number of aliphatic hydroxyl groups excluding tert-OH is 1. The maximum atomic E-state index is 11.4. The molecule has 1 aromatic carbocycles. The summed E-state index contributed by atoms with van der Waals surface area (Å²) in [5.74, 6) is -0.206. The van der Waals surface area contributed by atoms with E-state index in [1.54, 1.807) is 24.3 Å². The van der Waals surface area contributed by atoms with E-state index in [9.17, 15) is 9.90 Å². The van der Waals surface area contributed by atoms with E-state index in [0.717, 1.165) is 0 Å². The van der Waals surface area contributed by atoms with Crippen LogP contribution in [0.25, 0.3) is 0 Å². The summed E-state index contributed by atoms with van der Waals surface area (Å²) in [5.41, 5.74) is 0.418. The second-order valence-electron chi connectivity index (χ2n) is 5.06. The molecule has 5 heteroatoms. The fourth-order valence-corrected chi connectivity index (χ4v) is 1.86.